The number of nitriles is 1. The summed E-state index contributed by atoms with van der Waals surface area (Å²) >= 11 is 6.14. The Labute approximate surface area is 111 Å². The van der Waals surface area contributed by atoms with E-state index in [4.69, 9.17) is 21.6 Å². The Morgan fingerprint density at radius 2 is 2.00 bits per heavy atom. The molecule has 0 saturated carbocycles. The first-order valence-electron chi connectivity index (χ1n) is 5.51. The van der Waals surface area contributed by atoms with Crippen LogP contribution in [-0.2, 0) is 0 Å². The molecule has 0 unspecified atom stereocenters. The lowest BCUT2D eigenvalue weighted by Crippen LogP contribution is -1.90. The summed E-state index contributed by atoms with van der Waals surface area (Å²) in [7, 11) is 1.62. The number of hydrogen-bond donors (Lipinski definition) is 1. The van der Waals surface area contributed by atoms with Crippen LogP contribution in [-0.4, -0.2) is 12.1 Å². The number of halogens is 1. The van der Waals surface area contributed by atoms with Gasteiger partial charge in [-0.25, -0.2) is 0 Å². The van der Waals surface area contributed by atoms with E-state index in [1.54, 1.807) is 13.2 Å². The molecule has 4 heteroatoms. The van der Waals surface area contributed by atoms with Crippen molar-refractivity contribution in [2.24, 2.45) is 0 Å². The minimum atomic E-state index is 0.628. The first kappa shape index (κ1) is 12.5. The Kier molecular flexibility index (Phi) is 3.31. The summed E-state index contributed by atoms with van der Waals surface area (Å²) in [6.45, 7) is 3.79. The predicted octanol–water partition coefficient (Wildman–Crippen LogP) is 3.83. The average Bonchev–Trinajstić information content (AvgIpc) is 2.73. The Balaban J connectivity index is 2.63. The fourth-order valence-corrected chi connectivity index (χ4v) is 2.02. The molecule has 0 aliphatic heterocycles. The second-order valence-corrected chi connectivity index (χ2v) is 4.54. The van der Waals surface area contributed by atoms with Crippen molar-refractivity contribution in [1.29, 1.82) is 5.26 Å². The molecular formula is C14H13ClN2O. The second-order valence-electron chi connectivity index (χ2n) is 4.14. The summed E-state index contributed by atoms with van der Waals surface area (Å²) in [5.41, 5.74) is 4.12. The van der Waals surface area contributed by atoms with Crippen molar-refractivity contribution in [3.63, 3.8) is 0 Å². The Morgan fingerprint density at radius 3 is 2.56 bits per heavy atom. The van der Waals surface area contributed by atoms with Gasteiger partial charge in [-0.15, -0.1) is 0 Å². The van der Waals surface area contributed by atoms with Gasteiger partial charge < -0.3 is 9.72 Å². The highest BCUT2D eigenvalue weighted by Gasteiger charge is 2.12. The van der Waals surface area contributed by atoms with Crippen molar-refractivity contribution in [2.75, 3.05) is 7.11 Å². The summed E-state index contributed by atoms with van der Waals surface area (Å²) in [5.74, 6) is 0.739. The maximum absolute atomic E-state index is 8.98. The number of aromatic amines is 1. The maximum atomic E-state index is 8.98. The van der Waals surface area contributed by atoms with Crippen LogP contribution in [0.3, 0.4) is 0 Å². The van der Waals surface area contributed by atoms with Gasteiger partial charge in [0.05, 0.1) is 18.4 Å². The number of rotatable bonds is 2. The van der Waals surface area contributed by atoms with Gasteiger partial charge in [0.25, 0.3) is 0 Å². The Morgan fingerprint density at radius 1 is 1.28 bits per heavy atom. The highest BCUT2D eigenvalue weighted by Crippen LogP contribution is 2.34. The summed E-state index contributed by atoms with van der Waals surface area (Å²) in [6.07, 6.45) is 0. The molecule has 0 radical (unpaired) electrons. The first-order valence-corrected chi connectivity index (χ1v) is 5.88. The molecule has 0 atom stereocenters. The van der Waals surface area contributed by atoms with E-state index >= 15 is 0 Å². The van der Waals surface area contributed by atoms with Crippen LogP contribution in [0.4, 0.5) is 0 Å². The molecule has 0 bridgehead atoms. The van der Waals surface area contributed by atoms with E-state index in [0.29, 0.717) is 10.6 Å². The number of aryl methyl sites for hydroxylation is 2. The van der Waals surface area contributed by atoms with Gasteiger partial charge in [0, 0.05) is 16.3 Å². The summed E-state index contributed by atoms with van der Waals surface area (Å²) in [5, 5.41) is 9.65. The molecule has 1 aromatic carbocycles. The van der Waals surface area contributed by atoms with E-state index in [-0.39, 0.29) is 0 Å². The molecule has 0 saturated heterocycles. The molecule has 0 fully saturated rings. The van der Waals surface area contributed by atoms with Crippen LogP contribution < -0.4 is 4.74 Å². The molecule has 0 aliphatic rings. The molecule has 2 rings (SSSR count). The number of H-pyrrole nitrogens is 1. The highest BCUT2D eigenvalue weighted by molar-refractivity contribution is 6.31. The van der Waals surface area contributed by atoms with Gasteiger partial charge in [0.2, 0.25) is 0 Å². The van der Waals surface area contributed by atoms with E-state index in [0.717, 1.165) is 28.3 Å². The average molecular weight is 261 g/mol. The largest absolute Gasteiger partial charge is 0.496 e. The predicted molar refractivity (Wildman–Crippen MR) is 72.0 cm³/mol. The summed E-state index contributed by atoms with van der Waals surface area (Å²) in [4.78, 5) is 3.17. The fraction of sp³-hybridized carbons (Fsp3) is 0.214. The molecule has 0 amide bonds. The van der Waals surface area contributed by atoms with Gasteiger partial charge in [0.15, 0.2) is 0 Å². The molecule has 3 nitrogen and oxygen atoms in total. The van der Waals surface area contributed by atoms with Gasteiger partial charge in [-0.3, -0.25) is 0 Å². The number of nitrogens with one attached hydrogen (secondary N) is 1. The lowest BCUT2D eigenvalue weighted by Gasteiger charge is -2.09. The fourth-order valence-electron chi connectivity index (χ4n) is 1.85. The third kappa shape index (κ3) is 2.07. The van der Waals surface area contributed by atoms with Crippen LogP contribution in [0.2, 0.25) is 5.02 Å². The van der Waals surface area contributed by atoms with E-state index < -0.39 is 0 Å². The van der Waals surface area contributed by atoms with E-state index in [9.17, 15) is 0 Å². The number of methoxy groups -OCH3 is 1. The molecule has 1 N–H and O–H groups in total. The summed E-state index contributed by atoms with van der Waals surface area (Å²) in [6, 6.07) is 7.69. The number of aromatic nitrogens is 1. The Bertz CT molecular complexity index is 638. The van der Waals surface area contributed by atoms with Crippen LogP contribution in [0.1, 0.15) is 16.8 Å². The smallest absolute Gasteiger partial charge is 0.128 e. The van der Waals surface area contributed by atoms with Crippen molar-refractivity contribution < 1.29 is 4.74 Å². The Hall–Kier alpha value is -1.92. The van der Waals surface area contributed by atoms with E-state index in [1.807, 2.05) is 26.0 Å². The van der Waals surface area contributed by atoms with E-state index in [1.165, 1.54) is 0 Å². The molecule has 0 spiro atoms. The zero-order valence-corrected chi connectivity index (χ0v) is 11.2. The van der Waals surface area contributed by atoms with Crippen LogP contribution in [0.15, 0.2) is 18.2 Å². The number of nitrogens with zero attached hydrogens (tertiary/aromatic N) is 1. The van der Waals surface area contributed by atoms with Crippen LogP contribution in [0.25, 0.3) is 11.3 Å². The first-order chi connectivity index (χ1) is 8.56. The van der Waals surface area contributed by atoms with Crippen molar-refractivity contribution in [3.8, 4) is 23.1 Å². The minimum absolute atomic E-state index is 0.628. The van der Waals surface area contributed by atoms with Crippen molar-refractivity contribution in [2.45, 2.75) is 13.8 Å². The normalized spacial score (nSPS) is 10.2. The number of benzene rings is 1. The van der Waals surface area contributed by atoms with Gasteiger partial charge in [-0.1, -0.05) is 11.6 Å². The molecule has 1 aromatic heterocycles. The van der Waals surface area contributed by atoms with Crippen molar-refractivity contribution in [3.05, 3.63) is 40.0 Å². The third-order valence-electron chi connectivity index (χ3n) is 2.91. The minimum Gasteiger partial charge on any atom is -0.496 e. The van der Waals surface area contributed by atoms with Crippen molar-refractivity contribution >= 4 is 11.6 Å². The maximum Gasteiger partial charge on any atom is 0.128 e. The SMILES string of the molecule is COc1cc(C)c(Cl)cc1-c1cc(C#N)c(C)[nH]1. The van der Waals surface area contributed by atoms with Gasteiger partial charge >= 0.3 is 0 Å². The van der Waals surface area contributed by atoms with Crippen LogP contribution in [0.5, 0.6) is 5.75 Å². The highest BCUT2D eigenvalue weighted by atomic mass is 35.5. The molecular weight excluding hydrogens is 248 g/mol. The van der Waals surface area contributed by atoms with Crippen molar-refractivity contribution in [1.82, 2.24) is 4.98 Å². The van der Waals surface area contributed by atoms with Crippen LogP contribution in [0, 0.1) is 25.2 Å². The van der Waals surface area contributed by atoms with Crippen LogP contribution >= 0.6 is 11.6 Å². The molecule has 1 heterocycles. The lowest BCUT2D eigenvalue weighted by atomic mass is 10.1. The van der Waals surface area contributed by atoms with E-state index in [2.05, 4.69) is 11.1 Å². The molecule has 0 aliphatic carbocycles. The zero-order valence-electron chi connectivity index (χ0n) is 10.5. The monoisotopic (exact) mass is 260 g/mol. The van der Waals surface area contributed by atoms with Gasteiger partial charge in [0.1, 0.15) is 11.8 Å². The molecule has 18 heavy (non-hydrogen) atoms. The summed E-state index contributed by atoms with van der Waals surface area (Å²) < 4.78 is 5.36. The lowest BCUT2D eigenvalue weighted by molar-refractivity contribution is 0.416. The zero-order chi connectivity index (χ0) is 13.3. The number of hydrogen-bond acceptors (Lipinski definition) is 2. The van der Waals surface area contributed by atoms with Gasteiger partial charge in [-0.2, -0.15) is 5.26 Å². The standard InChI is InChI=1S/C14H13ClN2O/c1-8-4-14(18-3)11(6-12(8)15)13-5-10(7-16)9(2)17-13/h4-6,17H,1-3H3. The van der Waals surface area contributed by atoms with Gasteiger partial charge in [-0.05, 0) is 37.6 Å². The molecule has 92 valence electrons. The molecule has 2 aromatic rings. The second kappa shape index (κ2) is 4.75. The quantitative estimate of drug-likeness (QED) is 0.892. The topological polar surface area (TPSA) is 48.8 Å². The number of ether oxygens (including phenoxy) is 1. The third-order valence-corrected chi connectivity index (χ3v) is 3.31.